The number of aryl methyl sites for hydroxylation is 2. The number of esters is 1. The molecule has 5 heteroatoms. The van der Waals surface area contributed by atoms with Gasteiger partial charge in [0.15, 0.2) is 17.3 Å². The Kier molecular flexibility index (Phi) is 3.70. The van der Waals surface area contributed by atoms with Crippen LogP contribution in [0.3, 0.4) is 0 Å². The van der Waals surface area contributed by atoms with Gasteiger partial charge in [0.1, 0.15) is 16.8 Å². The molecule has 0 atom stereocenters. The molecular weight excluding hydrogens is 294 g/mol. The van der Waals surface area contributed by atoms with Crippen LogP contribution in [0.2, 0.25) is 0 Å². The Morgan fingerprint density at radius 2 is 1.87 bits per heavy atom. The summed E-state index contributed by atoms with van der Waals surface area (Å²) >= 11 is 0. The third kappa shape index (κ3) is 2.85. The molecule has 0 aliphatic heterocycles. The average Bonchev–Trinajstić information content (AvgIpc) is 2.86. The normalized spacial score (nSPS) is 10.7. The molecule has 116 valence electrons. The molecule has 0 unspecified atom stereocenters. The van der Waals surface area contributed by atoms with Gasteiger partial charge < -0.3 is 9.15 Å². The molecule has 3 rings (SSSR count). The van der Waals surface area contributed by atoms with E-state index >= 15 is 0 Å². The van der Waals surface area contributed by atoms with E-state index in [-0.39, 0.29) is 17.1 Å². The van der Waals surface area contributed by atoms with E-state index in [1.54, 1.807) is 43.3 Å². The quantitative estimate of drug-likeness (QED) is 0.417. The minimum Gasteiger partial charge on any atom is -0.440 e. The third-order valence-corrected chi connectivity index (χ3v) is 3.46. The van der Waals surface area contributed by atoms with Gasteiger partial charge in [0.2, 0.25) is 0 Å². The van der Waals surface area contributed by atoms with Crippen LogP contribution in [0.15, 0.2) is 40.8 Å². The van der Waals surface area contributed by atoms with Gasteiger partial charge in [-0.2, -0.15) is 0 Å². The zero-order valence-electron chi connectivity index (χ0n) is 13.0. The summed E-state index contributed by atoms with van der Waals surface area (Å²) in [5.41, 5.74) is 2.51. The van der Waals surface area contributed by atoms with Crippen molar-refractivity contribution < 1.29 is 18.7 Å². The first kappa shape index (κ1) is 15.0. The maximum Gasteiger partial charge on any atom is 0.347 e. The first-order valence-electron chi connectivity index (χ1n) is 7.15. The highest BCUT2D eigenvalue weighted by Crippen LogP contribution is 2.25. The van der Waals surface area contributed by atoms with Crippen molar-refractivity contribution in [3.8, 4) is 5.75 Å². The summed E-state index contributed by atoms with van der Waals surface area (Å²) in [6, 6.07) is 10.2. The van der Waals surface area contributed by atoms with Gasteiger partial charge in [-0.1, -0.05) is 12.1 Å². The van der Waals surface area contributed by atoms with Crippen LogP contribution in [0.5, 0.6) is 5.75 Å². The number of fused-ring (bicyclic) bond motifs is 1. The Hall–Kier alpha value is -2.95. The highest BCUT2D eigenvalue weighted by Gasteiger charge is 2.19. The molecule has 0 spiro atoms. The first-order valence-corrected chi connectivity index (χ1v) is 7.15. The second-order valence-corrected chi connectivity index (χ2v) is 5.33. The summed E-state index contributed by atoms with van der Waals surface area (Å²) in [5.74, 6) is -0.0302. The number of benzene rings is 2. The van der Waals surface area contributed by atoms with Gasteiger partial charge in [-0.3, -0.25) is 4.79 Å². The zero-order chi connectivity index (χ0) is 16.6. The number of hydrogen-bond acceptors (Lipinski definition) is 5. The van der Waals surface area contributed by atoms with Gasteiger partial charge in [0.25, 0.3) is 0 Å². The smallest absolute Gasteiger partial charge is 0.347 e. The highest BCUT2D eigenvalue weighted by atomic mass is 16.5. The molecule has 0 aliphatic carbocycles. The molecule has 5 nitrogen and oxygen atoms in total. The number of aromatic nitrogens is 1. The SMILES string of the molecule is CC(=O)c1ccc(C)cc1OC(=O)c1cccc2nc(C)oc12. The summed E-state index contributed by atoms with van der Waals surface area (Å²) < 4.78 is 10.9. The Morgan fingerprint density at radius 1 is 1.09 bits per heavy atom. The number of nitrogens with zero attached hydrogens (tertiary/aromatic N) is 1. The van der Waals surface area contributed by atoms with E-state index in [1.165, 1.54) is 6.92 Å². The van der Waals surface area contributed by atoms with E-state index < -0.39 is 5.97 Å². The molecule has 0 amide bonds. The van der Waals surface area contributed by atoms with Crippen LogP contribution in [0.1, 0.15) is 39.1 Å². The molecule has 0 N–H and O–H groups in total. The van der Waals surface area contributed by atoms with Crippen LogP contribution in [-0.4, -0.2) is 16.7 Å². The number of carbonyl (C=O) groups is 2. The number of rotatable bonds is 3. The lowest BCUT2D eigenvalue weighted by atomic mass is 10.1. The van der Waals surface area contributed by atoms with Crippen LogP contribution >= 0.6 is 0 Å². The lowest BCUT2D eigenvalue weighted by Crippen LogP contribution is -2.11. The van der Waals surface area contributed by atoms with Gasteiger partial charge in [-0.25, -0.2) is 9.78 Å². The molecule has 0 aliphatic rings. The fourth-order valence-corrected chi connectivity index (χ4v) is 2.38. The van der Waals surface area contributed by atoms with Gasteiger partial charge in [-0.15, -0.1) is 0 Å². The predicted octanol–water partition coefficient (Wildman–Crippen LogP) is 3.87. The van der Waals surface area contributed by atoms with Crippen LogP contribution in [0.25, 0.3) is 11.1 Å². The third-order valence-electron chi connectivity index (χ3n) is 3.46. The molecule has 1 heterocycles. The summed E-state index contributed by atoms with van der Waals surface area (Å²) in [7, 11) is 0. The van der Waals surface area contributed by atoms with Crippen molar-refractivity contribution in [3.63, 3.8) is 0 Å². The standard InChI is InChI=1S/C18H15NO4/c1-10-7-8-13(11(2)20)16(9-10)23-18(21)14-5-4-6-15-17(14)22-12(3)19-15/h4-9H,1-3H3. The van der Waals surface area contributed by atoms with E-state index in [0.29, 0.717) is 22.6 Å². The van der Waals surface area contributed by atoms with Crippen molar-refractivity contribution in [1.82, 2.24) is 4.98 Å². The number of ketones is 1. The van der Waals surface area contributed by atoms with Crippen molar-refractivity contribution >= 4 is 22.9 Å². The van der Waals surface area contributed by atoms with Crippen molar-refractivity contribution in [2.75, 3.05) is 0 Å². The van der Waals surface area contributed by atoms with Crippen molar-refractivity contribution in [2.24, 2.45) is 0 Å². The molecule has 0 bridgehead atoms. The summed E-state index contributed by atoms with van der Waals surface area (Å²) in [5, 5.41) is 0. The second kappa shape index (κ2) is 5.68. The number of para-hydroxylation sites is 1. The largest absolute Gasteiger partial charge is 0.440 e. The topological polar surface area (TPSA) is 69.4 Å². The van der Waals surface area contributed by atoms with Gasteiger partial charge >= 0.3 is 5.97 Å². The maximum absolute atomic E-state index is 12.5. The highest BCUT2D eigenvalue weighted by molar-refractivity contribution is 6.03. The monoisotopic (exact) mass is 309 g/mol. The van der Waals surface area contributed by atoms with Crippen molar-refractivity contribution in [3.05, 3.63) is 59.0 Å². The van der Waals surface area contributed by atoms with Crippen LogP contribution in [-0.2, 0) is 0 Å². The van der Waals surface area contributed by atoms with Crippen molar-refractivity contribution in [1.29, 1.82) is 0 Å². The fraction of sp³-hybridized carbons (Fsp3) is 0.167. The number of carbonyl (C=O) groups excluding carboxylic acids is 2. The van der Waals surface area contributed by atoms with Gasteiger partial charge in [0, 0.05) is 6.92 Å². The molecule has 0 saturated heterocycles. The van der Waals surface area contributed by atoms with Crippen molar-refractivity contribution in [2.45, 2.75) is 20.8 Å². The number of Topliss-reactive ketones (excluding diaryl/α,β-unsaturated/α-hetero) is 1. The number of hydrogen-bond donors (Lipinski definition) is 0. The molecule has 2 aromatic carbocycles. The van der Waals surface area contributed by atoms with E-state index in [1.807, 2.05) is 6.92 Å². The molecular formula is C18H15NO4. The Labute approximate surface area is 132 Å². The first-order chi connectivity index (χ1) is 11.0. The van der Waals surface area contributed by atoms with E-state index in [2.05, 4.69) is 4.98 Å². The summed E-state index contributed by atoms with van der Waals surface area (Å²) in [4.78, 5) is 28.4. The predicted molar refractivity (Wildman–Crippen MR) is 84.9 cm³/mol. The van der Waals surface area contributed by atoms with E-state index in [4.69, 9.17) is 9.15 Å². The van der Waals surface area contributed by atoms with Crippen LogP contribution < -0.4 is 4.74 Å². The second-order valence-electron chi connectivity index (χ2n) is 5.33. The molecule has 3 aromatic rings. The maximum atomic E-state index is 12.5. The Morgan fingerprint density at radius 3 is 2.61 bits per heavy atom. The zero-order valence-corrected chi connectivity index (χ0v) is 13.0. The molecule has 0 fully saturated rings. The lowest BCUT2D eigenvalue weighted by Gasteiger charge is -2.09. The molecule has 23 heavy (non-hydrogen) atoms. The Bertz CT molecular complexity index is 924. The van der Waals surface area contributed by atoms with Crippen LogP contribution in [0.4, 0.5) is 0 Å². The van der Waals surface area contributed by atoms with E-state index in [9.17, 15) is 9.59 Å². The summed E-state index contributed by atoms with van der Waals surface area (Å²) in [6.07, 6.45) is 0. The lowest BCUT2D eigenvalue weighted by molar-refractivity contribution is 0.0733. The minimum atomic E-state index is -0.583. The number of oxazole rings is 1. The number of ether oxygens (including phenoxy) is 1. The molecule has 1 aromatic heterocycles. The Balaban J connectivity index is 2.01. The van der Waals surface area contributed by atoms with E-state index in [0.717, 1.165) is 5.56 Å². The fourth-order valence-electron chi connectivity index (χ4n) is 2.38. The molecule has 0 saturated carbocycles. The van der Waals surface area contributed by atoms with Crippen LogP contribution in [0, 0.1) is 13.8 Å². The summed E-state index contributed by atoms with van der Waals surface area (Å²) in [6.45, 7) is 5.01. The minimum absolute atomic E-state index is 0.165. The average molecular weight is 309 g/mol. The van der Waals surface area contributed by atoms with Gasteiger partial charge in [0.05, 0.1) is 5.56 Å². The van der Waals surface area contributed by atoms with Gasteiger partial charge in [-0.05, 0) is 43.7 Å². The molecule has 0 radical (unpaired) electrons.